The van der Waals surface area contributed by atoms with Gasteiger partial charge < -0.3 is 15.7 Å². The second kappa shape index (κ2) is 5.33. The molecular formula is C14H15N3O3S. The van der Waals surface area contributed by atoms with Crippen molar-refractivity contribution in [3.8, 4) is 0 Å². The van der Waals surface area contributed by atoms with Crippen LogP contribution in [0, 0.1) is 5.92 Å². The Bertz CT molecular complexity index is 705. The molecule has 2 aromatic rings. The van der Waals surface area contributed by atoms with Gasteiger partial charge in [-0.3, -0.25) is 9.59 Å². The SMILES string of the molecule is Nc1c(C(=O)N2CCC(C(=O)O)CC2)sc2ncccc12. The van der Waals surface area contributed by atoms with E-state index in [1.807, 2.05) is 6.07 Å². The molecule has 3 heterocycles. The second-order valence-corrected chi connectivity index (χ2v) is 6.10. The Morgan fingerprint density at radius 2 is 2.10 bits per heavy atom. The van der Waals surface area contributed by atoms with E-state index in [1.54, 1.807) is 17.2 Å². The van der Waals surface area contributed by atoms with E-state index in [0.29, 0.717) is 36.5 Å². The molecule has 110 valence electrons. The Balaban J connectivity index is 1.82. The van der Waals surface area contributed by atoms with Crippen LogP contribution in [0.25, 0.3) is 10.2 Å². The molecule has 6 nitrogen and oxygen atoms in total. The number of nitrogens with two attached hydrogens (primary N) is 1. The molecule has 1 aliphatic rings. The fourth-order valence-electron chi connectivity index (χ4n) is 2.58. The number of anilines is 1. The number of carbonyl (C=O) groups is 2. The van der Waals surface area contributed by atoms with Crippen molar-refractivity contribution in [2.24, 2.45) is 5.92 Å². The maximum Gasteiger partial charge on any atom is 0.306 e. The number of aromatic nitrogens is 1. The lowest BCUT2D eigenvalue weighted by Crippen LogP contribution is -2.40. The number of nitrogen functional groups attached to an aromatic ring is 1. The van der Waals surface area contributed by atoms with Gasteiger partial charge in [-0.1, -0.05) is 0 Å². The Labute approximate surface area is 125 Å². The first-order chi connectivity index (χ1) is 10.1. The van der Waals surface area contributed by atoms with Crippen molar-refractivity contribution in [3.63, 3.8) is 0 Å². The van der Waals surface area contributed by atoms with E-state index in [0.717, 1.165) is 10.2 Å². The molecule has 1 amide bonds. The number of piperidine rings is 1. The average Bonchev–Trinajstić information content (AvgIpc) is 2.84. The van der Waals surface area contributed by atoms with E-state index in [4.69, 9.17) is 10.8 Å². The van der Waals surface area contributed by atoms with Gasteiger partial charge in [-0.25, -0.2) is 4.98 Å². The smallest absolute Gasteiger partial charge is 0.306 e. The number of rotatable bonds is 2. The summed E-state index contributed by atoms with van der Waals surface area (Å²) in [4.78, 5) is 30.6. The van der Waals surface area contributed by atoms with Crippen molar-refractivity contribution in [3.05, 3.63) is 23.2 Å². The van der Waals surface area contributed by atoms with Gasteiger partial charge in [0.2, 0.25) is 0 Å². The molecule has 1 aliphatic heterocycles. The first-order valence-electron chi connectivity index (χ1n) is 6.73. The van der Waals surface area contributed by atoms with Crippen LogP contribution in [0.15, 0.2) is 18.3 Å². The highest BCUT2D eigenvalue weighted by Gasteiger charge is 2.29. The molecule has 1 fully saturated rings. The van der Waals surface area contributed by atoms with E-state index >= 15 is 0 Å². The zero-order valence-corrected chi connectivity index (χ0v) is 12.1. The number of aliphatic carboxylic acids is 1. The lowest BCUT2D eigenvalue weighted by Gasteiger charge is -2.29. The molecular weight excluding hydrogens is 290 g/mol. The van der Waals surface area contributed by atoms with E-state index in [2.05, 4.69) is 4.98 Å². The predicted molar refractivity (Wildman–Crippen MR) is 80.3 cm³/mol. The highest BCUT2D eigenvalue weighted by molar-refractivity contribution is 7.21. The van der Waals surface area contributed by atoms with Crippen molar-refractivity contribution < 1.29 is 14.7 Å². The lowest BCUT2D eigenvalue weighted by molar-refractivity contribution is -0.143. The first kappa shape index (κ1) is 13.8. The van der Waals surface area contributed by atoms with Gasteiger partial charge in [0, 0.05) is 24.7 Å². The summed E-state index contributed by atoms with van der Waals surface area (Å²) in [5, 5.41) is 9.79. The van der Waals surface area contributed by atoms with Crippen molar-refractivity contribution in [2.75, 3.05) is 18.8 Å². The third-order valence-corrected chi connectivity index (χ3v) is 4.95. The molecule has 0 aromatic carbocycles. The molecule has 0 radical (unpaired) electrons. The number of amides is 1. The minimum atomic E-state index is -0.785. The maximum atomic E-state index is 12.5. The number of hydrogen-bond acceptors (Lipinski definition) is 5. The molecule has 0 aliphatic carbocycles. The van der Waals surface area contributed by atoms with Gasteiger partial charge in [0.15, 0.2) is 0 Å². The second-order valence-electron chi connectivity index (χ2n) is 5.11. The van der Waals surface area contributed by atoms with Crippen molar-refractivity contribution in [1.29, 1.82) is 0 Å². The molecule has 0 bridgehead atoms. The summed E-state index contributed by atoms with van der Waals surface area (Å²) in [6.07, 6.45) is 2.65. The number of fused-ring (bicyclic) bond motifs is 1. The van der Waals surface area contributed by atoms with Crippen LogP contribution in [0.2, 0.25) is 0 Å². The molecule has 1 saturated heterocycles. The van der Waals surface area contributed by atoms with Crippen molar-refractivity contribution >= 4 is 39.1 Å². The van der Waals surface area contributed by atoms with Crippen LogP contribution >= 0.6 is 11.3 Å². The van der Waals surface area contributed by atoms with E-state index < -0.39 is 5.97 Å². The number of carboxylic acid groups (broad SMARTS) is 1. The number of pyridine rings is 1. The number of thiophene rings is 1. The van der Waals surface area contributed by atoms with Crippen LogP contribution in [-0.4, -0.2) is 40.0 Å². The Morgan fingerprint density at radius 1 is 1.38 bits per heavy atom. The summed E-state index contributed by atoms with van der Waals surface area (Å²) in [5.74, 6) is -1.26. The van der Waals surface area contributed by atoms with Crippen molar-refractivity contribution in [2.45, 2.75) is 12.8 Å². The summed E-state index contributed by atoms with van der Waals surface area (Å²) < 4.78 is 0. The third kappa shape index (κ3) is 2.44. The summed E-state index contributed by atoms with van der Waals surface area (Å²) in [6.45, 7) is 0.911. The number of hydrogen-bond donors (Lipinski definition) is 2. The van der Waals surface area contributed by atoms with Gasteiger partial charge in [-0.2, -0.15) is 0 Å². The molecule has 3 N–H and O–H groups in total. The Kier molecular flexibility index (Phi) is 3.50. The Morgan fingerprint density at radius 3 is 2.71 bits per heavy atom. The number of likely N-dealkylation sites (tertiary alicyclic amines) is 1. The summed E-state index contributed by atoms with van der Waals surface area (Å²) in [5.41, 5.74) is 6.52. The molecule has 0 spiro atoms. The normalized spacial score (nSPS) is 16.3. The van der Waals surface area contributed by atoms with Gasteiger partial charge in [-0.05, 0) is 25.0 Å². The average molecular weight is 305 g/mol. The third-order valence-electron chi connectivity index (χ3n) is 3.83. The minimum absolute atomic E-state index is 0.126. The predicted octanol–water partition coefficient (Wildman–Crippen LogP) is 1.82. The van der Waals surface area contributed by atoms with Crippen LogP contribution in [0.5, 0.6) is 0 Å². The van der Waals surface area contributed by atoms with Crippen molar-refractivity contribution in [1.82, 2.24) is 9.88 Å². The number of carboxylic acids is 1. The maximum absolute atomic E-state index is 12.5. The van der Waals surface area contributed by atoms with E-state index in [-0.39, 0.29) is 11.8 Å². The topological polar surface area (TPSA) is 96.5 Å². The highest BCUT2D eigenvalue weighted by atomic mass is 32.1. The van der Waals surface area contributed by atoms with Crippen LogP contribution in [0.3, 0.4) is 0 Å². The molecule has 21 heavy (non-hydrogen) atoms. The van der Waals surface area contributed by atoms with Gasteiger partial charge >= 0.3 is 5.97 Å². The van der Waals surface area contributed by atoms with E-state index in [1.165, 1.54) is 11.3 Å². The minimum Gasteiger partial charge on any atom is -0.481 e. The largest absolute Gasteiger partial charge is 0.481 e. The van der Waals surface area contributed by atoms with Crippen LogP contribution in [-0.2, 0) is 4.79 Å². The van der Waals surface area contributed by atoms with Gasteiger partial charge in [0.1, 0.15) is 9.71 Å². The summed E-state index contributed by atoms with van der Waals surface area (Å²) >= 11 is 1.29. The fraction of sp³-hybridized carbons (Fsp3) is 0.357. The molecule has 7 heteroatoms. The molecule has 3 rings (SSSR count). The number of carbonyl (C=O) groups excluding carboxylic acids is 1. The monoisotopic (exact) mass is 305 g/mol. The Hall–Kier alpha value is -2.15. The lowest BCUT2D eigenvalue weighted by atomic mass is 9.97. The van der Waals surface area contributed by atoms with Gasteiger partial charge in [0.25, 0.3) is 5.91 Å². The van der Waals surface area contributed by atoms with Gasteiger partial charge in [0.05, 0.1) is 11.6 Å². The standard InChI is InChI=1S/C14H15N3O3S/c15-10-9-2-1-5-16-12(9)21-11(10)13(18)17-6-3-8(4-7-17)14(19)20/h1-2,5,8H,3-4,6-7,15H2,(H,19,20). The van der Waals surface area contributed by atoms with Gasteiger partial charge in [-0.15, -0.1) is 11.3 Å². The van der Waals surface area contributed by atoms with Crippen LogP contribution in [0.1, 0.15) is 22.5 Å². The quantitative estimate of drug-likeness (QED) is 0.882. The first-order valence-corrected chi connectivity index (χ1v) is 7.54. The highest BCUT2D eigenvalue weighted by Crippen LogP contribution is 2.33. The molecule has 2 aromatic heterocycles. The van der Waals surface area contributed by atoms with Crippen LogP contribution in [0.4, 0.5) is 5.69 Å². The number of nitrogens with zero attached hydrogens (tertiary/aromatic N) is 2. The van der Waals surface area contributed by atoms with E-state index in [9.17, 15) is 9.59 Å². The molecule has 0 atom stereocenters. The zero-order valence-electron chi connectivity index (χ0n) is 11.3. The fourth-order valence-corrected chi connectivity index (χ4v) is 3.61. The molecule has 0 unspecified atom stereocenters. The summed E-state index contributed by atoms with van der Waals surface area (Å²) in [6, 6.07) is 3.64. The summed E-state index contributed by atoms with van der Waals surface area (Å²) in [7, 11) is 0. The molecule has 0 saturated carbocycles. The zero-order chi connectivity index (χ0) is 15.0. The van der Waals surface area contributed by atoms with Crippen LogP contribution < -0.4 is 5.73 Å².